The fraction of sp³-hybridized carbons (Fsp3) is 0.286. The van der Waals surface area contributed by atoms with Crippen molar-refractivity contribution >= 4 is 21.9 Å². The Balaban J connectivity index is 1.91. The van der Waals surface area contributed by atoms with Crippen LogP contribution in [0.25, 0.3) is 33.3 Å². The second-order valence-electron chi connectivity index (χ2n) is 7.16. The number of nitrogens with one attached hydrogen (secondary N) is 1. The lowest BCUT2D eigenvalue weighted by molar-refractivity contribution is 0.867. The van der Waals surface area contributed by atoms with Crippen LogP contribution in [-0.2, 0) is 0 Å². The quantitative estimate of drug-likeness (QED) is 0.545. The normalized spacial score (nSPS) is 11.9. The molecule has 0 fully saturated rings. The van der Waals surface area contributed by atoms with Crippen molar-refractivity contribution in [2.24, 2.45) is 0 Å². The summed E-state index contributed by atoms with van der Waals surface area (Å²) in [4.78, 5) is 7.98. The number of hydrogen-bond acceptors (Lipinski definition) is 3. The average molecular weight is 330 g/mol. The van der Waals surface area contributed by atoms with Gasteiger partial charge in [-0.3, -0.25) is 0 Å². The second-order valence-corrected chi connectivity index (χ2v) is 7.16. The molecule has 3 aromatic heterocycles. The predicted molar refractivity (Wildman–Crippen MR) is 103 cm³/mol. The molecule has 3 heterocycles. The topological polar surface area (TPSA) is 54.5 Å². The van der Waals surface area contributed by atoms with Crippen molar-refractivity contribution in [3.05, 3.63) is 53.7 Å². The molecule has 0 spiro atoms. The SMILES string of the molecule is CC(C)c1cc(-c2cc3cccc(C(C)C)c3nn2)nc2[nH]ccc12. The Morgan fingerprint density at radius 1 is 0.840 bits per heavy atom. The third kappa shape index (κ3) is 2.68. The zero-order valence-electron chi connectivity index (χ0n) is 15.0. The molecular weight excluding hydrogens is 308 g/mol. The largest absolute Gasteiger partial charge is 0.346 e. The lowest BCUT2D eigenvalue weighted by Gasteiger charge is -2.11. The van der Waals surface area contributed by atoms with Gasteiger partial charge in [0.25, 0.3) is 0 Å². The summed E-state index contributed by atoms with van der Waals surface area (Å²) in [5, 5.41) is 11.3. The molecule has 0 saturated heterocycles. The molecule has 0 bridgehead atoms. The first-order valence-corrected chi connectivity index (χ1v) is 8.79. The maximum absolute atomic E-state index is 4.75. The highest BCUT2D eigenvalue weighted by Gasteiger charge is 2.14. The van der Waals surface area contributed by atoms with Gasteiger partial charge in [0.15, 0.2) is 0 Å². The molecule has 0 radical (unpaired) electrons. The van der Waals surface area contributed by atoms with Crippen LogP contribution in [0.4, 0.5) is 0 Å². The van der Waals surface area contributed by atoms with Gasteiger partial charge in [-0.25, -0.2) is 4.98 Å². The Morgan fingerprint density at radius 3 is 2.40 bits per heavy atom. The van der Waals surface area contributed by atoms with E-state index in [0.717, 1.165) is 27.9 Å². The summed E-state index contributed by atoms with van der Waals surface area (Å²) in [6, 6.07) is 12.6. The molecule has 1 N–H and O–H groups in total. The molecule has 4 rings (SSSR count). The lowest BCUT2D eigenvalue weighted by atomic mass is 9.98. The van der Waals surface area contributed by atoms with E-state index in [1.807, 2.05) is 6.20 Å². The van der Waals surface area contributed by atoms with Crippen molar-refractivity contribution in [1.29, 1.82) is 0 Å². The standard InChI is InChI=1S/C21H22N4/c1-12(2)15-7-5-6-14-10-19(24-25-20(14)15)18-11-17(13(3)4)16-8-9-22-21(16)23-18/h5-13H,1-4H3,(H,22,23). The van der Waals surface area contributed by atoms with Crippen molar-refractivity contribution in [2.45, 2.75) is 39.5 Å². The molecule has 0 saturated carbocycles. The summed E-state index contributed by atoms with van der Waals surface area (Å²) in [7, 11) is 0. The monoisotopic (exact) mass is 330 g/mol. The average Bonchev–Trinajstić information content (AvgIpc) is 3.08. The Kier molecular flexibility index (Phi) is 3.75. The highest BCUT2D eigenvalue weighted by molar-refractivity contribution is 5.87. The van der Waals surface area contributed by atoms with Gasteiger partial charge in [0.05, 0.1) is 11.2 Å². The first kappa shape index (κ1) is 15.8. The van der Waals surface area contributed by atoms with Gasteiger partial charge in [0.1, 0.15) is 11.3 Å². The molecule has 0 aliphatic carbocycles. The van der Waals surface area contributed by atoms with Gasteiger partial charge in [0.2, 0.25) is 0 Å². The lowest BCUT2D eigenvalue weighted by Crippen LogP contribution is -1.98. The second kappa shape index (κ2) is 5.96. The van der Waals surface area contributed by atoms with E-state index >= 15 is 0 Å². The summed E-state index contributed by atoms with van der Waals surface area (Å²) < 4.78 is 0. The number of aromatic amines is 1. The van der Waals surface area contributed by atoms with E-state index in [0.29, 0.717) is 11.8 Å². The van der Waals surface area contributed by atoms with Gasteiger partial charge in [-0.15, -0.1) is 10.2 Å². The molecule has 0 aliphatic rings. The molecule has 4 aromatic rings. The van der Waals surface area contributed by atoms with Crippen LogP contribution in [0.3, 0.4) is 0 Å². The van der Waals surface area contributed by atoms with Crippen molar-refractivity contribution in [1.82, 2.24) is 20.2 Å². The maximum atomic E-state index is 4.75. The third-order valence-electron chi connectivity index (χ3n) is 4.72. The van der Waals surface area contributed by atoms with Crippen LogP contribution >= 0.6 is 0 Å². The Morgan fingerprint density at radius 2 is 1.64 bits per heavy atom. The van der Waals surface area contributed by atoms with E-state index < -0.39 is 0 Å². The minimum Gasteiger partial charge on any atom is -0.346 e. The predicted octanol–water partition coefficient (Wildman–Crippen LogP) is 5.42. The molecule has 25 heavy (non-hydrogen) atoms. The number of aromatic nitrogens is 4. The molecule has 0 unspecified atom stereocenters. The number of pyridine rings is 1. The van der Waals surface area contributed by atoms with Crippen molar-refractivity contribution in [2.75, 3.05) is 0 Å². The van der Waals surface area contributed by atoms with E-state index in [2.05, 4.69) is 79.3 Å². The number of rotatable bonds is 3. The van der Waals surface area contributed by atoms with Gasteiger partial charge in [-0.1, -0.05) is 45.9 Å². The molecule has 0 aliphatic heterocycles. The van der Waals surface area contributed by atoms with Gasteiger partial charge in [-0.2, -0.15) is 0 Å². The fourth-order valence-corrected chi connectivity index (χ4v) is 3.36. The van der Waals surface area contributed by atoms with E-state index in [4.69, 9.17) is 4.98 Å². The molecular formula is C21H22N4. The highest BCUT2D eigenvalue weighted by atomic mass is 15.1. The van der Waals surface area contributed by atoms with Crippen LogP contribution in [0.1, 0.15) is 50.7 Å². The number of hydrogen-bond donors (Lipinski definition) is 1. The summed E-state index contributed by atoms with van der Waals surface area (Å²) >= 11 is 0. The number of benzene rings is 1. The van der Waals surface area contributed by atoms with Crippen molar-refractivity contribution in [3.63, 3.8) is 0 Å². The van der Waals surface area contributed by atoms with E-state index in [1.54, 1.807) is 0 Å². The smallest absolute Gasteiger partial charge is 0.138 e. The van der Waals surface area contributed by atoms with Crippen molar-refractivity contribution in [3.8, 4) is 11.4 Å². The van der Waals surface area contributed by atoms with Gasteiger partial charge >= 0.3 is 0 Å². The zero-order valence-corrected chi connectivity index (χ0v) is 15.0. The summed E-state index contributed by atoms with van der Waals surface area (Å²) in [6.07, 6.45) is 1.94. The van der Waals surface area contributed by atoms with Crippen LogP contribution < -0.4 is 0 Å². The highest BCUT2D eigenvalue weighted by Crippen LogP contribution is 2.30. The Labute approximate surface area is 147 Å². The van der Waals surface area contributed by atoms with Gasteiger partial charge < -0.3 is 4.98 Å². The Hall–Kier alpha value is -2.75. The first-order chi connectivity index (χ1) is 12.0. The molecule has 126 valence electrons. The van der Waals surface area contributed by atoms with Gasteiger partial charge in [-0.05, 0) is 41.2 Å². The van der Waals surface area contributed by atoms with Crippen LogP contribution in [-0.4, -0.2) is 20.2 Å². The minimum atomic E-state index is 0.418. The van der Waals surface area contributed by atoms with Crippen molar-refractivity contribution < 1.29 is 0 Å². The summed E-state index contributed by atoms with van der Waals surface area (Å²) in [5.41, 5.74) is 6.06. The maximum Gasteiger partial charge on any atom is 0.138 e. The minimum absolute atomic E-state index is 0.418. The van der Waals surface area contributed by atoms with Crippen LogP contribution in [0.5, 0.6) is 0 Å². The fourth-order valence-electron chi connectivity index (χ4n) is 3.36. The molecule has 0 atom stereocenters. The van der Waals surface area contributed by atoms with Gasteiger partial charge in [0, 0.05) is 17.0 Å². The first-order valence-electron chi connectivity index (χ1n) is 8.79. The third-order valence-corrected chi connectivity index (χ3v) is 4.72. The number of fused-ring (bicyclic) bond motifs is 2. The molecule has 4 heteroatoms. The molecule has 4 nitrogen and oxygen atoms in total. The summed E-state index contributed by atoms with van der Waals surface area (Å²) in [5.74, 6) is 0.839. The van der Waals surface area contributed by atoms with E-state index in [9.17, 15) is 0 Å². The zero-order chi connectivity index (χ0) is 17.6. The van der Waals surface area contributed by atoms with Crippen LogP contribution in [0, 0.1) is 0 Å². The van der Waals surface area contributed by atoms with E-state index in [-0.39, 0.29) is 0 Å². The number of nitrogens with zero attached hydrogens (tertiary/aromatic N) is 3. The van der Waals surface area contributed by atoms with Crippen LogP contribution in [0.2, 0.25) is 0 Å². The van der Waals surface area contributed by atoms with Crippen LogP contribution in [0.15, 0.2) is 42.6 Å². The number of H-pyrrole nitrogens is 1. The Bertz CT molecular complexity index is 1060. The molecule has 0 amide bonds. The van der Waals surface area contributed by atoms with E-state index in [1.165, 1.54) is 16.5 Å². The molecule has 1 aromatic carbocycles. The summed E-state index contributed by atoms with van der Waals surface area (Å²) in [6.45, 7) is 8.76.